The van der Waals surface area contributed by atoms with Crippen LogP contribution in [0.15, 0.2) is 22.5 Å². The molecule has 1 aliphatic rings. The fraction of sp³-hybridized carbons (Fsp3) is 0.737. The quantitative estimate of drug-likeness (QED) is 0.329. The Kier molecular flexibility index (Phi) is 11.7. The molecule has 0 aliphatic carbocycles. The number of ether oxygens (including phenoxy) is 1. The number of nitrogens with zero attached hydrogens (tertiary/aromatic N) is 2. The zero-order valence-corrected chi connectivity index (χ0v) is 19.7. The Morgan fingerprint density at radius 2 is 2.00 bits per heavy atom. The number of halogens is 1. The molecule has 1 aromatic heterocycles. The molecule has 1 saturated heterocycles. The maximum atomic E-state index is 5.52. The second-order valence-corrected chi connectivity index (χ2v) is 8.13. The number of hydrogen-bond acceptors (Lipinski definition) is 4. The summed E-state index contributed by atoms with van der Waals surface area (Å²) in [6.07, 6.45) is 2.40. The number of thiophene rings is 1. The molecule has 0 amide bonds. The van der Waals surface area contributed by atoms with E-state index < -0.39 is 0 Å². The van der Waals surface area contributed by atoms with Crippen LogP contribution in [0, 0.1) is 5.92 Å². The molecule has 1 fully saturated rings. The highest BCUT2D eigenvalue weighted by Crippen LogP contribution is 2.25. The molecule has 2 atom stereocenters. The fourth-order valence-corrected chi connectivity index (χ4v) is 3.92. The highest BCUT2D eigenvalue weighted by atomic mass is 127. The fourth-order valence-electron chi connectivity index (χ4n) is 3.06. The second-order valence-electron chi connectivity index (χ2n) is 7.15. The minimum absolute atomic E-state index is 0. The first kappa shape index (κ1) is 23.7. The number of guanidine groups is 1. The summed E-state index contributed by atoms with van der Waals surface area (Å²) in [4.78, 5) is 8.32. The monoisotopic (exact) mass is 494 g/mol. The average molecular weight is 494 g/mol. The molecule has 26 heavy (non-hydrogen) atoms. The van der Waals surface area contributed by atoms with Crippen LogP contribution in [0.3, 0.4) is 0 Å². The van der Waals surface area contributed by atoms with Crippen molar-refractivity contribution >= 4 is 41.3 Å². The zero-order chi connectivity index (χ0) is 18.1. The smallest absolute Gasteiger partial charge is 0.191 e. The van der Waals surface area contributed by atoms with Crippen molar-refractivity contribution in [2.75, 3.05) is 39.9 Å². The van der Waals surface area contributed by atoms with E-state index in [4.69, 9.17) is 4.74 Å². The molecule has 7 heteroatoms. The van der Waals surface area contributed by atoms with Crippen LogP contribution in [-0.2, 0) is 4.74 Å². The van der Waals surface area contributed by atoms with Crippen LogP contribution in [0.1, 0.15) is 44.5 Å². The van der Waals surface area contributed by atoms with Gasteiger partial charge in [0.1, 0.15) is 0 Å². The molecule has 0 bridgehead atoms. The molecule has 1 aromatic rings. The van der Waals surface area contributed by atoms with Gasteiger partial charge in [-0.1, -0.05) is 19.9 Å². The van der Waals surface area contributed by atoms with E-state index in [1.165, 1.54) is 11.3 Å². The summed E-state index contributed by atoms with van der Waals surface area (Å²) in [6, 6.07) is 5.16. The van der Waals surface area contributed by atoms with Crippen LogP contribution < -0.4 is 10.6 Å². The van der Waals surface area contributed by atoms with E-state index in [2.05, 4.69) is 58.8 Å². The largest absolute Gasteiger partial charge is 0.379 e. The molecule has 0 spiro atoms. The summed E-state index contributed by atoms with van der Waals surface area (Å²) >= 11 is 1.83. The summed E-state index contributed by atoms with van der Waals surface area (Å²) in [5.74, 6) is 1.63. The lowest BCUT2D eigenvalue weighted by atomic mass is 10.0. The third kappa shape index (κ3) is 8.10. The van der Waals surface area contributed by atoms with Gasteiger partial charge in [-0.15, -0.1) is 35.3 Å². The molecule has 0 radical (unpaired) electrons. The van der Waals surface area contributed by atoms with Crippen LogP contribution in [-0.4, -0.2) is 56.8 Å². The Balaban J connectivity index is 0.00000338. The minimum atomic E-state index is 0. The maximum Gasteiger partial charge on any atom is 0.191 e. The van der Waals surface area contributed by atoms with Crippen molar-refractivity contribution in [2.24, 2.45) is 10.9 Å². The summed E-state index contributed by atoms with van der Waals surface area (Å²) in [5, 5.41) is 9.22. The topological polar surface area (TPSA) is 48.9 Å². The summed E-state index contributed by atoms with van der Waals surface area (Å²) < 4.78 is 5.52. The van der Waals surface area contributed by atoms with Gasteiger partial charge < -0.3 is 15.4 Å². The zero-order valence-electron chi connectivity index (χ0n) is 16.5. The van der Waals surface area contributed by atoms with Crippen LogP contribution in [0.4, 0.5) is 0 Å². The summed E-state index contributed by atoms with van der Waals surface area (Å²) in [7, 11) is 1.85. The van der Waals surface area contributed by atoms with E-state index in [-0.39, 0.29) is 24.0 Å². The van der Waals surface area contributed by atoms with Gasteiger partial charge in [0.25, 0.3) is 0 Å². The molecule has 2 unspecified atom stereocenters. The lowest BCUT2D eigenvalue weighted by molar-refractivity contribution is 0.0177. The number of morpholine rings is 1. The lowest BCUT2D eigenvalue weighted by Gasteiger charge is -2.34. The van der Waals surface area contributed by atoms with Crippen LogP contribution in [0.2, 0.25) is 0 Å². The summed E-state index contributed by atoms with van der Waals surface area (Å²) in [6.45, 7) is 11.2. The van der Waals surface area contributed by atoms with Crippen LogP contribution >= 0.6 is 35.3 Å². The van der Waals surface area contributed by atoms with E-state index in [1.807, 2.05) is 18.4 Å². The van der Waals surface area contributed by atoms with E-state index in [0.717, 1.165) is 51.1 Å². The van der Waals surface area contributed by atoms with Gasteiger partial charge in [-0.25, -0.2) is 0 Å². The Labute approximate surface area is 180 Å². The van der Waals surface area contributed by atoms with E-state index in [1.54, 1.807) is 0 Å². The van der Waals surface area contributed by atoms with Crippen molar-refractivity contribution in [3.8, 4) is 0 Å². The molecule has 0 aromatic carbocycles. The molecular weight excluding hydrogens is 459 g/mol. The van der Waals surface area contributed by atoms with Gasteiger partial charge in [0, 0.05) is 37.6 Å². The van der Waals surface area contributed by atoms with Crippen LogP contribution in [0.25, 0.3) is 0 Å². The Morgan fingerprint density at radius 3 is 2.58 bits per heavy atom. The first-order valence-corrected chi connectivity index (χ1v) is 10.3. The highest BCUT2D eigenvalue weighted by Gasteiger charge is 2.23. The van der Waals surface area contributed by atoms with Crippen LogP contribution in [0.5, 0.6) is 0 Å². The molecule has 0 saturated carbocycles. The van der Waals surface area contributed by atoms with Crippen molar-refractivity contribution in [1.29, 1.82) is 0 Å². The Morgan fingerprint density at radius 1 is 1.27 bits per heavy atom. The third-order valence-electron chi connectivity index (χ3n) is 4.60. The van der Waals surface area contributed by atoms with E-state index >= 15 is 0 Å². The standard InChI is InChI=1S/C19H34N4OS.HI/c1-15(2)7-8-16(3)22-19(20-4)21-14-17(18-6-5-13-25-18)23-9-11-24-12-10-23;/h5-6,13,15-17H,7-12,14H2,1-4H3,(H2,20,21,22);1H. The molecule has 2 heterocycles. The normalized spacial score (nSPS) is 18.3. The van der Waals surface area contributed by atoms with Crippen molar-refractivity contribution in [2.45, 2.75) is 45.7 Å². The van der Waals surface area contributed by atoms with E-state index in [0.29, 0.717) is 12.1 Å². The Bertz CT molecular complexity index is 504. The van der Waals surface area contributed by atoms with Gasteiger partial charge in [-0.2, -0.15) is 0 Å². The average Bonchev–Trinajstić information content (AvgIpc) is 3.14. The summed E-state index contributed by atoms with van der Waals surface area (Å²) in [5.41, 5.74) is 0. The molecule has 1 aliphatic heterocycles. The first-order valence-electron chi connectivity index (χ1n) is 9.42. The number of hydrogen-bond donors (Lipinski definition) is 2. The van der Waals surface area contributed by atoms with Gasteiger partial charge in [0.05, 0.1) is 19.3 Å². The predicted octanol–water partition coefficient (Wildman–Crippen LogP) is 3.73. The van der Waals surface area contributed by atoms with Crippen molar-refractivity contribution in [1.82, 2.24) is 15.5 Å². The van der Waals surface area contributed by atoms with Gasteiger partial charge in [-0.05, 0) is 37.1 Å². The van der Waals surface area contributed by atoms with Gasteiger partial charge in [-0.3, -0.25) is 9.89 Å². The van der Waals surface area contributed by atoms with Gasteiger partial charge in [0.15, 0.2) is 5.96 Å². The number of rotatable bonds is 8. The molecule has 2 rings (SSSR count). The first-order chi connectivity index (χ1) is 12.1. The van der Waals surface area contributed by atoms with Crippen molar-refractivity contribution in [3.05, 3.63) is 22.4 Å². The van der Waals surface area contributed by atoms with Gasteiger partial charge in [0.2, 0.25) is 0 Å². The molecular formula is C19H35IN4OS. The molecule has 150 valence electrons. The second kappa shape index (κ2) is 12.9. The Hall–Kier alpha value is -0.380. The maximum absolute atomic E-state index is 5.52. The third-order valence-corrected chi connectivity index (χ3v) is 5.58. The lowest BCUT2D eigenvalue weighted by Crippen LogP contribution is -2.47. The predicted molar refractivity (Wildman–Crippen MR) is 123 cm³/mol. The number of aliphatic imine (C=N–C) groups is 1. The van der Waals surface area contributed by atoms with Crippen molar-refractivity contribution < 1.29 is 4.74 Å². The van der Waals surface area contributed by atoms with Crippen molar-refractivity contribution in [3.63, 3.8) is 0 Å². The SMILES string of the molecule is CN=C(NCC(c1cccs1)N1CCOCC1)NC(C)CCC(C)C.I. The molecule has 5 nitrogen and oxygen atoms in total. The molecule has 2 N–H and O–H groups in total. The van der Waals surface area contributed by atoms with Gasteiger partial charge >= 0.3 is 0 Å². The van der Waals surface area contributed by atoms with E-state index in [9.17, 15) is 0 Å². The number of nitrogens with one attached hydrogen (secondary N) is 2. The minimum Gasteiger partial charge on any atom is -0.379 e. The highest BCUT2D eigenvalue weighted by molar-refractivity contribution is 14.0.